The lowest BCUT2D eigenvalue weighted by Crippen LogP contribution is -2.28. The summed E-state index contributed by atoms with van der Waals surface area (Å²) in [6.07, 6.45) is 0. The van der Waals surface area contributed by atoms with Gasteiger partial charge in [0.1, 0.15) is 5.75 Å². The topological polar surface area (TPSA) is 43.3 Å². The quantitative estimate of drug-likeness (QED) is 0.712. The molecule has 1 N–H and O–H groups in total. The fraction of sp³-hybridized carbons (Fsp3) is 0.211. The molecule has 4 nitrogen and oxygen atoms in total. The second-order valence-corrected chi connectivity index (χ2v) is 6.72. The molecule has 6 heteroatoms. The molecule has 1 heterocycles. The van der Waals surface area contributed by atoms with Crippen LogP contribution in [-0.4, -0.2) is 17.1 Å². The number of nitrogens with one attached hydrogen (secondary N) is 1. The lowest BCUT2D eigenvalue weighted by molar-refractivity contribution is -0.123. The number of aryl methyl sites for hydroxylation is 2. The Labute approximate surface area is 156 Å². The molecule has 0 radical (unpaired) electrons. The number of rotatable bonds is 5. The number of carbonyl (C=O) groups is 1. The minimum atomic E-state index is -0.213. The van der Waals surface area contributed by atoms with Gasteiger partial charge >= 0.3 is 0 Å². The Morgan fingerprint density at radius 1 is 1.16 bits per heavy atom. The molecule has 2 aromatic carbocycles. The minimum Gasteiger partial charge on any atom is -0.482 e. The van der Waals surface area contributed by atoms with Gasteiger partial charge in [-0.25, -0.2) is 0 Å². The maximum atomic E-state index is 12.0. The fourth-order valence-corrected chi connectivity index (χ4v) is 3.10. The standard InChI is InChI=1S/C19H18Cl2N2O2/c1-12-7-14-8-13(3-5-17(14)23(12)2)10-22-19(24)11-25-18-6-4-15(20)9-16(18)21/h3-9H,10-11H2,1-2H3,(H,22,24). The van der Waals surface area contributed by atoms with Crippen LogP contribution in [0.1, 0.15) is 11.3 Å². The molecule has 0 aliphatic carbocycles. The van der Waals surface area contributed by atoms with Crippen molar-refractivity contribution in [2.75, 3.05) is 6.61 Å². The van der Waals surface area contributed by atoms with Crippen LogP contribution in [0.5, 0.6) is 5.75 Å². The van der Waals surface area contributed by atoms with Crippen molar-refractivity contribution in [3.05, 3.63) is 63.8 Å². The highest BCUT2D eigenvalue weighted by Crippen LogP contribution is 2.27. The van der Waals surface area contributed by atoms with Crippen LogP contribution < -0.4 is 10.1 Å². The lowest BCUT2D eigenvalue weighted by Gasteiger charge is -2.09. The van der Waals surface area contributed by atoms with Crippen LogP contribution in [0.15, 0.2) is 42.5 Å². The third kappa shape index (κ3) is 4.09. The van der Waals surface area contributed by atoms with Gasteiger partial charge in [0.15, 0.2) is 6.61 Å². The van der Waals surface area contributed by atoms with E-state index < -0.39 is 0 Å². The third-order valence-corrected chi connectivity index (χ3v) is 4.62. The predicted octanol–water partition coefficient (Wildman–Crippen LogP) is 4.49. The zero-order valence-electron chi connectivity index (χ0n) is 14.0. The van der Waals surface area contributed by atoms with E-state index in [0.717, 1.165) is 10.9 Å². The molecule has 1 amide bonds. The molecule has 0 atom stereocenters. The highest BCUT2D eigenvalue weighted by Gasteiger charge is 2.08. The highest BCUT2D eigenvalue weighted by molar-refractivity contribution is 6.35. The van der Waals surface area contributed by atoms with Crippen LogP contribution in [0.3, 0.4) is 0 Å². The molecule has 0 unspecified atom stereocenters. The van der Waals surface area contributed by atoms with Gasteiger partial charge in [0.2, 0.25) is 0 Å². The van der Waals surface area contributed by atoms with E-state index in [4.69, 9.17) is 27.9 Å². The lowest BCUT2D eigenvalue weighted by atomic mass is 10.1. The van der Waals surface area contributed by atoms with Crippen molar-refractivity contribution < 1.29 is 9.53 Å². The maximum Gasteiger partial charge on any atom is 0.258 e. The second-order valence-electron chi connectivity index (χ2n) is 5.88. The number of nitrogens with zero attached hydrogens (tertiary/aromatic N) is 1. The van der Waals surface area contributed by atoms with E-state index in [1.165, 1.54) is 11.2 Å². The molecule has 25 heavy (non-hydrogen) atoms. The number of hydrogen-bond acceptors (Lipinski definition) is 2. The summed E-state index contributed by atoms with van der Waals surface area (Å²) in [7, 11) is 2.04. The van der Waals surface area contributed by atoms with Crippen molar-refractivity contribution in [1.82, 2.24) is 9.88 Å². The Hall–Kier alpha value is -2.17. The molecule has 1 aromatic heterocycles. The molecule has 0 saturated heterocycles. The van der Waals surface area contributed by atoms with Crippen LogP contribution in [0.4, 0.5) is 0 Å². The molecular formula is C19H18Cl2N2O2. The molecule has 0 spiro atoms. The van der Waals surface area contributed by atoms with Gasteiger partial charge < -0.3 is 14.6 Å². The van der Waals surface area contributed by atoms with Gasteiger partial charge in [-0.3, -0.25) is 4.79 Å². The van der Waals surface area contributed by atoms with Gasteiger partial charge in [0, 0.05) is 35.2 Å². The first kappa shape index (κ1) is 17.6. The molecule has 130 valence electrons. The van der Waals surface area contributed by atoms with E-state index >= 15 is 0 Å². The molecule has 0 aliphatic heterocycles. The predicted molar refractivity (Wildman–Crippen MR) is 101 cm³/mol. The van der Waals surface area contributed by atoms with Gasteiger partial charge in [0.05, 0.1) is 5.02 Å². The van der Waals surface area contributed by atoms with Crippen molar-refractivity contribution >= 4 is 40.0 Å². The van der Waals surface area contributed by atoms with Gasteiger partial charge in [0.25, 0.3) is 5.91 Å². The van der Waals surface area contributed by atoms with E-state index in [1.807, 2.05) is 13.1 Å². The summed E-state index contributed by atoms with van der Waals surface area (Å²) in [6, 6.07) is 13.2. The number of amides is 1. The zero-order valence-corrected chi connectivity index (χ0v) is 15.5. The first-order valence-corrected chi connectivity index (χ1v) is 8.59. The average molecular weight is 377 g/mol. The average Bonchev–Trinajstić information content (AvgIpc) is 2.86. The summed E-state index contributed by atoms with van der Waals surface area (Å²) < 4.78 is 7.57. The fourth-order valence-electron chi connectivity index (χ4n) is 2.63. The van der Waals surface area contributed by atoms with Crippen molar-refractivity contribution in [3.8, 4) is 5.75 Å². The van der Waals surface area contributed by atoms with Crippen molar-refractivity contribution in [1.29, 1.82) is 0 Å². The molecule has 0 aliphatic rings. The summed E-state index contributed by atoms with van der Waals surface area (Å²) >= 11 is 11.8. The summed E-state index contributed by atoms with van der Waals surface area (Å²) in [5, 5.41) is 4.91. The van der Waals surface area contributed by atoms with Crippen molar-refractivity contribution in [2.24, 2.45) is 7.05 Å². The van der Waals surface area contributed by atoms with Crippen LogP contribution in [0.2, 0.25) is 10.0 Å². The van der Waals surface area contributed by atoms with E-state index in [2.05, 4.69) is 35.0 Å². The number of ether oxygens (including phenoxy) is 1. The number of hydrogen-bond donors (Lipinski definition) is 1. The molecular weight excluding hydrogens is 359 g/mol. The van der Waals surface area contributed by atoms with Crippen LogP contribution in [0, 0.1) is 6.92 Å². The van der Waals surface area contributed by atoms with Crippen molar-refractivity contribution in [3.63, 3.8) is 0 Å². The van der Waals surface area contributed by atoms with Gasteiger partial charge in [-0.1, -0.05) is 29.3 Å². The molecule has 3 aromatic rings. The summed E-state index contributed by atoms with van der Waals surface area (Å²) in [5.74, 6) is 0.220. The molecule has 0 fully saturated rings. The van der Waals surface area contributed by atoms with E-state index in [9.17, 15) is 4.79 Å². The SMILES string of the molecule is Cc1cc2cc(CNC(=O)COc3ccc(Cl)cc3Cl)ccc2n1C. The normalized spacial score (nSPS) is 10.9. The number of aromatic nitrogens is 1. The van der Waals surface area contributed by atoms with E-state index in [1.54, 1.807) is 18.2 Å². The Balaban J connectivity index is 1.57. The largest absolute Gasteiger partial charge is 0.482 e. The number of fused-ring (bicyclic) bond motifs is 1. The van der Waals surface area contributed by atoms with Gasteiger partial charge in [-0.2, -0.15) is 0 Å². The second kappa shape index (κ2) is 7.38. The number of halogens is 2. The maximum absolute atomic E-state index is 12.0. The molecule has 0 bridgehead atoms. The Morgan fingerprint density at radius 3 is 2.72 bits per heavy atom. The smallest absolute Gasteiger partial charge is 0.258 e. The van der Waals surface area contributed by atoms with Crippen LogP contribution in [-0.2, 0) is 18.4 Å². The Bertz CT molecular complexity index is 935. The molecule has 3 rings (SSSR count). The van der Waals surface area contributed by atoms with E-state index in [-0.39, 0.29) is 12.5 Å². The first-order chi connectivity index (χ1) is 11.9. The molecule has 0 saturated carbocycles. The van der Waals surface area contributed by atoms with E-state index in [0.29, 0.717) is 22.3 Å². The highest BCUT2D eigenvalue weighted by atomic mass is 35.5. The first-order valence-electron chi connectivity index (χ1n) is 7.83. The summed E-state index contributed by atoms with van der Waals surface area (Å²) in [6.45, 7) is 2.41. The number of carbonyl (C=O) groups excluding carboxylic acids is 1. The van der Waals surface area contributed by atoms with Crippen LogP contribution in [0.25, 0.3) is 10.9 Å². The Morgan fingerprint density at radius 2 is 1.96 bits per heavy atom. The van der Waals surface area contributed by atoms with Crippen molar-refractivity contribution in [2.45, 2.75) is 13.5 Å². The van der Waals surface area contributed by atoms with Gasteiger partial charge in [-0.15, -0.1) is 0 Å². The zero-order chi connectivity index (χ0) is 18.0. The summed E-state index contributed by atoms with van der Waals surface area (Å²) in [5.41, 5.74) is 3.41. The summed E-state index contributed by atoms with van der Waals surface area (Å²) in [4.78, 5) is 12.0. The van der Waals surface area contributed by atoms with Gasteiger partial charge in [-0.05, 0) is 48.9 Å². The monoisotopic (exact) mass is 376 g/mol. The number of benzene rings is 2. The van der Waals surface area contributed by atoms with Crippen LogP contribution >= 0.6 is 23.2 Å². The third-order valence-electron chi connectivity index (χ3n) is 4.09. The Kier molecular flexibility index (Phi) is 5.21. The minimum absolute atomic E-state index is 0.103.